The van der Waals surface area contributed by atoms with Gasteiger partial charge in [-0.25, -0.2) is 18.4 Å². The summed E-state index contributed by atoms with van der Waals surface area (Å²) in [5.74, 6) is 0.121. The number of fused-ring (bicyclic) bond motifs is 3. The van der Waals surface area contributed by atoms with Crippen LogP contribution in [0.25, 0.3) is 16.6 Å². The van der Waals surface area contributed by atoms with Crippen molar-refractivity contribution in [1.29, 1.82) is 0 Å². The minimum atomic E-state index is -3.59. The SMILES string of the molecule is O=S(=O)(Cc1ccccc1)Nc1nccc2cc3cccnc3n12. The Kier molecular flexibility index (Phi) is 3.42. The number of rotatable bonds is 4. The summed E-state index contributed by atoms with van der Waals surface area (Å²) in [6.45, 7) is 0. The van der Waals surface area contributed by atoms with Crippen molar-refractivity contribution in [2.75, 3.05) is 4.72 Å². The van der Waals surface area contributed by atoms with Crippen molar-refractivity contribution in [2.24, 2.45) is 0 Å². The van der Waals surface area contributed by atoms with Crippen molar-refractivity contribution >= 4 is 32.5 Å². The molecule has 0 fully saturated rings. The summed E-state index contributed by atoms with van der Waals surface area (Å²) in [5, 5.41) is 0.925. The summed E-state index contributed by atoms with van der Waals surface area (Å²) in [6.07, 6.45) is 3.25. The van der Waals surface area contributed by atoms with Crippen LogP contribution >= 0.6 is 0 Å². The maximum absolute atomic E-state index is 12.5. The molecule has 0 atom stereocenters. The Morgan fingerprint density at radius 2 is 1.79 bits per heavy atom. The average molecular weight is 338 g/mol. The van der Waals surface area contributed by atoms with Crippen molar-refractivity contribution in [3.63, 3.8) is 0 Å². The summed E-state index contributed by atoms with van der Waals surface area (Å²) in [7, 11) is -3.59. The lowest BCUT2D eigenvalue weighted by atomic mass is 10.2. The minimum absolute atomic E-state index is 0.113. The van der Waals surface area contributed by atoms with Gasteiger partial charge >= 0.3 is 0 Å². The molecule has 1 N–H and O–H groups in total. The first kappa shape index (κ1) is 14.6. The Balaban J connectivity index is 1.77. The van der Waals surface area contributed by atoms with E-state index in [2.05, 4.69) is 14.7 Å². The quantitative estimate of drug-likeness (QED) is 0.621. The molecule has 0 aliphatic rings. The van der Waals surface area contributed by atoms with E-state index in [-0.39, 0.29) is 11.7 Å². The van der Waals surface area contributed by atoms with Crippen LogP contribution in [0.2, 0.25) is 0 Å². The molecule has 3 aromatic heterocycles. The number of anilines is 1. The Morgan fingerprint density at radius 3 is 2.62 bits per heavy atom. The molecule has 3 heterocycles. The minimum Gasteiger partial charge on any atom is -0.263 e. The standard InChI is InChI=1S/C17H14N4O2S/c22-24(23,12-13-5-2-1-3-6-13)20-17-19-10-8-15-11-14-7-4-9-18-16(14)21(15)17/h1-11H,12H2,(H,19,20). The predicted octanol–water partition coefficient (Wildman–Crippen LogP) is 2.82. The van der Waals surface area contributed by atoms with E-state index >= 15 is 0 Å². The second-order valence-electron chi connectivity index (χ2n) is 5.44. The highest BCUT2D eigenvalue weighted by Crippen LogP contribution is 2.22. The third kappa shape index (κ3) is 2.69. The zero-order valence-corrected chi connectivity index (χ0v) is 13.4. The van der Waals surface area contributed by atoms with E-state index in [1.54, 1.807) is 28.9 Å². The lowest BCUT2D eigenvalue weighted by Gasteiger charge is -2.09. The first-order chi connectivity index (χ1) is 11.6. The molecule has 1 aromatic carbocycles. The molecule has 120 valence electrons. The van der Waals surface area contributed by atoms with Gasteiger partial charge in [0.1, 0.15) is 5.65 Å². The zero-order chi connectivity index (χ0) is 16.6. The fourth-order valence-corrected chi connectivity index (χ4v) is 3.81. The van der Waals surface area contributed by atoms with Crippen LogP contribution in [0.5, 0.6) is 0 Å². The maximum atomic E-state index is 12.5. The number of aromatic nitrogens is 3. The first-order valence-corrected chi connectivity index (χ1v) is 9.03. The van der Waals surface area contributed by atoms with Crippen LogP contribution in [0, 0.1) is 0 Å². The Morgan fingerprint density at radius 1 is 0.958 bits per heavy atom. The molecule has 0 unspecified atom stereocenters. The van der Waals surface area contributed by atoms with Crippen LogP contribution in [-0.2, 0) is 15.8 Å². The predicted molar refractivity (Wildman–Crippen MR) is 93.2 cm³/mol. The van der Waals surface area contributed by atoms with E-state index in [1.165, 1.54) is 0 Å². The largest absolute Gasteiger partial charge is 0.263 e. The van der Waals surface area contributed by atoms with E-state index in [1.807, 2.05) is 42.5 Å². The van der Waals surface area contributed by atoms with Gasteiger partial charge in [0.2, 0.25) is 16.0 Å². The summed E-state index contributed by atoms with van der Waals surface area (Å²) in [4.78, 5) is 8.52. The number of hydrogen-bond acceptors (Lipinski definition) is 4. The molecule has 0 amide bonds. The van der Waals surface area contributed by atoms with E-state index in [0.29, 0.717) is 11.2 Å². The van der Waals surface area contributed by atoms with E-state index < -0.39 is 10.0 Å². The van der Waals surface area contributed by atoms with Gasteiger partial charge in [-0.3, -0.25) is 9.12 Å². The topological polar surface area (TPSA) is 76.4 Å². The number of sulfonamides is 1. The van der Waals surface area contributed by atoms with Gasteiger partial charge in [0.15, 0.2) is 0 Å². The summed E-state index contributed by atoms with van der Waals surface area (Å²) in [5.41, 5.74) is 2.21. The van der Waals surface area contributed by atoms with Gasteiger partial charge in [0.25, 0.3) is 0 Å². The maximum Gasteiger partial charge on any atom is 0.239 e. The van der Waals surface area contributed by atoms with Gasteiger partial charge in [-0.05, 0) is 29.8 Å². The summed E-state index contributed by atoms with van der Waals surface area (Å²) in [6, 6.07) is 16.6. The van der Waals surface area contributed by atoms with E-state index in [4.69, 9.17) is 0 Å². The molecular weight excluding hydrogens is 324 g/mol. The van der Waals surface area contributed by atoms with Gasteiger partial charge in [-0.15, -0.1) is 0 Å². The normalized spacial score (nSPS) is 11.8. The highest BCUT2D eigenvalue weighted by molar-refractivity contribution is 7.91. The molecule has 0 saturated heterocycles. The molecule has 0 aliphatic heterocycles. The number of nitrogens with one attached hydrogen (secondary N) is 1. The first-order valence-electron chi connectivity index (χ1n) is 7.38. The summed E-state index contributed by atoms with van der Waals surface area (Å²) >= 11 is 0. The van der Waals surface area contributed by atoms with Crippen molar-refractivity contribution < 1.29 is 8.42 Å². The number of hydrogen-bond donors (Lipinski definition) is 1. The van der Waals surface area contributed by atoms with Crippen LogP contribution in [-0.4, -0.2) is 22.8 Å². The van der Waals surface area contributed by atoms with Crippen LogP contribution < -0.4 is 4.72 Å². The lowest BCUT2D eigenvalue weighted by molar-refractivity contribution is 0.600. The Labute approximate surface area is 138 Å². The second kappa shape index (κ2) is 5.61. The molecule has 6 nitrogen and oxygen atoms in total. The zero-order valence-electron chi connectivity index (χ0n) is 12.6. The monoisotopic (exact) mass is 338 g/mol. The molecule has 4 aromatic rings. The Bertz CT molecular complexity index is 1120. The number of nitrogens with zero attached hydrogens (tertiary/aromatic N) is 3. The molecule has 0 saturated carbocycles. The molecule has 0 radical (unpaired) electrons. The van der Waals surface area contributed by atoms with Crippen molar-refractivity contribution in [3.8, 4) is 0 Å². The second-order valence-corrected chi connectivity index (χ2v) is 7.16. The average Bonchev–Trinajstić information content (AvgIpc) is 2.94. The molecule has 4 rings (SSSR count). The van der Waals surface area contributed by atoms with E-state index in [0.717, 1.165) is 10.9 Å². The lowest BCUT2D eigenvalue weighted by Crippen LogP contribution is -2.18. The highest BCUT2D eigenvalue weighted by Gasteiger charge is 2.16. The molecule has 0 spiro atoms. The van der Waals surface area contributed by atoms with Crippen LogP contribution in [0.15, 0.2) is 67.0 Å². The third-order valence-corrected chi connectivity index (χ3v) is 4.90. The van der Waals surface area contributed by atoms with Gasteiger partial charge in [0.05, 0.1) is 11.3 Å². The molecular formula is C17H14N4O2S. The third-order valence-electron chi connectivity index (χ3n) is 3.69. The van der Waals surface area contributed by atoms with Crippen LogP contribution in [0.1, 0.15) is 5.56 Å². The van der Waals surface area contributed by atoms with Gasteiger partial charge < -0.3 is 0 Å². The molecule has 0 bridgehead atoms. The van der Waals surface area contributed by atoms with Crippen LogP contribution in [0.3, 0.4) is 0 Å². The van der Waals surface area contributed by atoms with Gasteiger partial charge in [-0.1, -0.05) is 30.3 Å². The van der Waals surface area contributed by atoms with Crippen molar-refractivity contribution in [2.45, 2.75) is 5.75 Å². The Hall–Kier alpha value is -2.93. The van der Waals surface area contributed by atoms with Gasteiger partial charge in [-0.2, -0.15) is 0 Å². The number of benzene rings is 1. The molecule has 7 heteroatoms. The fourth-order valence-electron chi connectivity index (χ4n) is 2.68. The van der Waals surface area contributed by atoms with E-state index in [9.17, 15) is 8.42 Å². The summed E-state index contributed by atoms with van der Waals surface area (Å²) < 4.78 is 29.3. The smallest absolute Gasteiger partial charge is 0.239 e. The fraction of sp³-hybridized carbons (Fsp3) is 0.0588. The van der Waals surface area contributed by atoms with Gasteiger partial charge in [0, 0.05) is 17.8 Å². The van der Waals surface area contributed by atoms with Crippen molar-refractivity contribution in [3.05, 3.63) is 72.6 Å². The molecule has 0 aliphatic carbocycles. The van der Waals surface area contributed by atoms with Crippen LogP contribution in [0.4, 0.5) is 5.95 Å². The molecule has 24 heavy (non-hydrogen) atoms. The highest BCUT2D eigenvalue weighted by atomic mass is 32.2. The van der Waals surface area contributed by atoms with Crippen molar-refractivity contribution in [1.82, 2.24) is 14.4 Å². The number of pyridine rings is 1.